The van der Waals surface area contributed by atoms with E-state index in [0.717, 1.165) is 22.7 Å². The molecule has 0 saturated carbocycles. The number of benzene rings is 1. The molecule has 0 bridgehead atoms. The average molecular weight is 296 g/mol. The number of rotatable bonds is 3. The largest absolute Gasteiger partial charge is 0.475 e. The molecule has 3 rings (SSSR count). The third-order valence-corrected chi connectivity index (χ3v) is 3.72. The smallest absolute Gasteiger partial charge is 0.371 e. The van der Waals surface area contributed by atoms with E-state index in [1.165, 1.54) is 6.07 Å². The second-order valence-electron chi connectivity index (χ2n) is 4.17. The Morgan fingerprint density at radius 1 is 1.29 bits per heavy atom. The molecule has 0 spiro atoms. The summed E-state index contributed by atoms with van der Waals surface area (Å²) in [5, 5.41) is 19.8. The Morgan fingerprint density at radius 3 is 2.81 bits per heavy atom. The monoisotopic (exact) mass is 296 g/mol. The van der Waals surface area contributed by atoms with E-state index >= 15 is 0 Å². The number of hydrogen-bond donors (Lipinski definition) is 1. The molecule has 2 aromatic heterocycles. The zero-order valence-electron chi connectivity index (χ0n) is 10.6. The van der Waals surface area contributed by atoms with Crippen molar-refractivity contribution in [2.24, 2.45) is 0 Å². The summed E-state index contributed by atoms with van der Waals surface area (Å²) < 4.78 is 5.17. The van der Waals surface area contributed by atoms with Gasteiger partial charge < -0.3 is 9.52 Å². The Morgan fingerprint density at radius 2 is 2.10 bits per heavy atom. The molecule has 0 aliphatic rings. The quantitative estimate of drug-likeness (QED) is 0.795. The molecule has 5 nitrogen and oxygen atoms in total. The molecule has 0 amide bonds. The number of fused-ring (bicyclic) bond motifs is 1. The van der Waals surface area contributed by atoms with Gasteiger partial charge in [-0.2, -0.15) is 5.26 Å². The third-order valence-electron chi connectivity index (χ3n) is 2.80. The van der Waals surface area contributed by atoms with Crippen LogP contribution < -0.4 is 0 Å². The lowest BCUT2D eigenvalue weighted by atomic mass is 10.2. The second-order valence-corrected chi connectivity index (χ2v) is 5.16. The normalized spacial score (nSPS) is 10.4. The van der Waals surface area contributed by atoms with Gasteiger partial charge in [0, 0.05) is 5.39 Å². The predicted octanol–water partition coefficient (Wildman–Crippen LogP) is 3.55. The van der Waals surface area contributed by atoms with E-state index in [-0.39, 0.29) is 5.76 Å². The summed E-state index contributed by atoms with van der Waals surface area (Å²) in [5.74, 6) is -1.27. The summed E-state index contributed by atoms with van der Waals surface area (Å²) >= 11 is 1.13. The van der Waals surface area contributed by atoms with Crippen LogP contribution in [0, 0.1) is 11.3 Å². The molecule has 1 aromatic carbocycles. The van der Waals surface area contributed by atoms with Crippen molar-refractivity contribution in [1.29, 1.82) is 5.26 Å². The highest BCUT2D eigenvalue weighted by Gasteiger charge is 2.13. The summed E-state index contributed by atoms with van der Waals surface area (Å²) in [6.45, 7) is 0. The molecule has 0 unspecified atom stereocenters. The van der Waals surface area contributed by atoms with Crippen molar-refractivity contribution in [1.82, 2.24) is 4.98 Å². The summed E-state index contributed by atoms with van der Waals surface area (Å²) in [5.41, 5.74) is 1.19. The molecule has 0 radical (unpaired) electrons. The van der Waals surface area contributed by atoms with Gasteiger partial charge in [0.2, 0.25) is 5.76 Å². The average Bonchev–Trinajstić information content (AvgIpc) is 2.95. The molecule has 1 N–H and O–H groups in total. The number of pyridine rings is 1. The predicted molar refractivity (Wildman–Crippen MR) is 76.2 cm³/mol. The first-order chi connectivity index (χ1) is 10.2. The highest BCUT2D eigenvalue weighted by molar-refractivity contribution is 7.99. The lowest BCUT2D eigenvalue weighted by Gasteiger charge is -2.03. The maximum atomic E-state index is 10.8. The van der Waals surface area contributed by atoms with Crippen LogP contribution in [0.2, 0.25) is 0 Å². The Balaban J connectivity index is 2.02. The zero-order valence-corrected chi connectivity index (χ0v) is 11.4. The van der Waals surface area contributed by atoms with Crippen molar-refractivity contribution < 1.29 is 14.3 Å². The van der Waals surface area contributed by atoms with Gasteiger partial charge in [-0.05, 0) is 36.0 Å². The number of aromatic carboxylic acids is 1. The Hall–Kier alpha value is -2.78. The van der Waals surface area contributed by atoms with Crippen LogP contribution in [-0.4, -0.2) is 16.1 Å². The number of nitrogens with zero attached hydrogens (tertiary/aromatic N) is 2. The van der Waals surface area contributed by atoms with Gasteiger partial charge in [0.05, 0.1) is 11.1 Å². The van der Waals surface area contributed by atoms with Gasteiger partial charge in [-0.15, -0.1) is 0 Å². The molecule has 2 heterocycles. The second kappa shape index (κ2) is 5.31. The first-order valence-electron chi connectivity index (χ1n) is 5.98. The van der Waals surface area contributed by atoms with Gasteiger partial charge in [-0.3, -0.25) is 0 Å². The molecular formula is C15H8N2O3S. The summed E-state index contributed by atoms with van der Waals surface area (Å²) in [7, 11) is 0. The van der Waals surface area contributed by atoms with E-state index < -0.39 is 5.97 Å². The number of hydrogen-bond acceptors (Lipinski definition) is 5. The lowest BCUT2D eigenvalue weighted by molar-refractivity contribution is 0.0656. The van der Waals surface area contributed by atoms with Crippen molar-refractivity contribution in [3.8, 4) is 6.07 Å². The van der Waals surface area contributed by atoms with Gasteiger partial charge in [0.25, 0.3) is 0 Å². The minimum atomic E-state index is -1.13. The van der Waals surface area contributed by atoms with Crippen LogP contribution in [0.25, 0.3) is 10.9 Å². The molecule has 0 fully saturated rings. The molecule has 102 valence electrons. The van der Waals surface area contributed by atoms with E-state index in [1.807, 2.05) is 24.3 Å². The van der Waals surface area contributed by atoms with Gasteiger partial charge in [0.1, 0.15) is 11.1 Å². The lowest BCUT2D eigenvalue weighted by Crippen LogP contribution is -1.91. The minimum Gasteiger partial charge on any atom is -0.475 e. The van der Waals surface area contributed by atoms with Gasteiger partial charge >= 0.3 is 5.97 Å². The van der Waals surface area contributed by atoms with Crippen molar-refractivity contribution >= 4 is 28.6 Å². The molecule has 6 heteroatoms. The van der Waals surface area contributed by atoms with E-state index in [0.29, 0.717) is 15.7 Å². The number of carbonyl (C=O) groups is 1. The van der Waals surface area contributed by atoms with Crippen LogP contribution in [0.1, 0.15) is 16.1 Å². The fraction of sp³-hybridized carbons (Fsp3) is 0. The van der Waals surface area contributed by atoms with E-state index in [4.69, 9.17) is 9.52 Å². The highest BCUT2D eigenvalue weighted by atomic mass is 32.2. The molecule has 0 aliphatic heterocycles. The molecule has 0 aliphatic carbocycles. The van der Waals surface area contributed by atoms with Crippen molar-refractivity contribution in [3.05, 3.63) is 53.8 Å². The molecular weight excluding hydrogens is 288 g/mol. The Kier molecular flexibility index (Phi) is 3.34. The minimum absolute atomic E-state index is 0.142. The molecule has 0 atom stereocenters. The maximum absolute atomic E-state index is 10.8. The number of aromatic nitrogens is 1. The van der Waals surface area contributed by atoms with Crippen LogP contribution in [0.4, 0.5) is 0 Å². The number of para-hydroxylation sites is 1. The highest BCUT2D eigenvalue weighted by Crippen LogP contribution is 2.31. The Bertz CT molecular complexity index is 880. The summed E-state index contributed by atoms with van der Waals surface area (Å²) in [6, 6.07) is 14.3. The van der Waals surface area contributed by atoms with Gasteiger partial charge in [-0.1, -0.05) is 18.2 Å². The fourth-order valence-electron chi connectivity index (χ4n) is 1.84. The van der Waals surface area contributed by atoms with Crippen LogP contribution in [0.15, 0.2) is 57.0 Å². The van der Waals surface area contributed by atoms with Crippen molar-refractivity contribution in [3.63, 3.8) is 0 Å². The van der Waals surface area contributed by atoms with Gasteiger partial charge in [-0.25, -0.2) is 9.78 Å². The number of carboxylic acids is 1. The number of carboxylic acid groups (broad SMARTS) is 1. The molecule has 21 heavy (non-hydrogen) atoms. The molecule has 0 saturated heterocycles. The first-order valence-corrected chi connectivity index (χ1v) is 6.80. The van der Waals surface area contributed by atoms with Crippen LogP contribution in [0.5, 0.6) is 0 Å². The van der Waals surface area contributed by atoms with Crippen LogP contribution in [-0.2, 0) is 0 Å². The fourth-order valence-corrected chi connectivity index (χ4v) is 2.66. The van der Waals surface area contributed by atoms with Crippen molar-refractivity contribution in [2.75, 3.05) is 0 Å². The van der Waals surface area contributed by atoms with E-state index in [2.05, 4.69) is 11.1 Å². The SMILES string of the molecule is N#Cc1cc2ccccc2nc1Sc1ccc(C(=O)O)o1. The zero-order chi connectivity index (χ0) is 14.8. The summed E-state index contributed by atoms with van der Waals surface area (Å²) in [4.78, 5) is 15.2. The van der Waals surface area contributed by atoms with Crippen LogP contribution in [0.3, 0.4) is 0 Å². The van der Waals surface area contributed by atoms with E-state index in [1.54, 1.807) is 12.1 Å². The van der Waals surface area contributed by atoms with Crippen molar-refractivity contribution in [2.45, 2.75) is 10.1 Å². The number of nitriles is 1. The summed E-state index contributed by atoms with van der Waals surface area (Å²) in [6.07, 6.45) is 0. The van der Waals surface area contributed by atoms with Crippen LogP contribution >= 0.6 is 11.8 Å². The standard InChI is InChI=1S/C15H8N2O3S/c16-8-10-7-9-3-1-2-4-11(9)17-14(10)21-13-6-5-12(20-13)15(18)19/h1-7H,(H,18,19). The first kappa shape index (κ1) is 13.2. The van der Waals surface area contributed by atoms with Gasteiger partial charge in [0.15, 0.2) is 5.09 Å². The van der Waals surface area contributed by atoms with E-state index in [9.17, 15) is 10.1 Å². The number of furan rings is 1. The maximum Gasteiger partial charge on any atom is 0.371 e. The molecule has 3 aromatic rings. The third kappa shape index (κ3) is 2.59. The Labute approximate surface area is 123 Å². The topological polar surface area (TPSA) is 87.1 Å².